The van der Waals surface area contributed by atoms with Gasteiger partial charge >= 0.3 is 0 Å². The van der Waals surface area contributed by atoms with Crippen LogP contribution in [0.15, 0.2) is 58.1 Å². The van der Waals surface area contributed by atoms with Gasteiger partial charge in [-0.3, -0.25) is 0 Å². The minimum atomic E-state index is 0.523. The van der Waals surface area contributed by atoms with Crippen LogP contribution in [0.5, 0.6) is 0 Å². The molecule has 2 aromatic rings. The van der Waals surface area contributed by atoms with E-state index in [1.807, 2.05) is 49.3 Å². The maximum Gasteiger partial charge on any atom is 0.193 e. The van der Waals surface area contributed by atoms with Crippen LogP contribution in [-0.4, -0.2) is 38.1 Å². The first-order chi connectivity index (χ1) is 11.3. The molecule has 1 aromatic carbocycles. The van der Waals surface area contributed by atoms with Crippen LogP contribution < -0.4 is 5.32 Å². The molecular formula is C18H25N3O2. The van der Waals surface area contributed by atoms with Crippen molar-refractivity contribution in [2.24, 2.45) is 4.99 Å². The van der Waals surface area contributed by atoms with Gasteiger partial charge in [-0.2, -0.15) is 0 Å². The van der Waals surface area contributed by atoms with E-state index in [9.17, 15) is 0 Å². The summed E-state index contributed by atoms with van der Waals surface area (Å²) in [6.07, 6.45) is 2.58. The lowest BCUT2D eigenvalue weighted by molar-refractivity contribution is 0.104. The van der Waals surface area contributed by atoms with E-state index in [1.54, 1.807) is 6.26 Å². The molecule has 0 spiro atoms. The molecule has 0 aliphatic carbocycles. The van der Waals surface area contributed by atoms with Crippen molar-refractivity contribution in [3.63, 3.8) is 0 Å². The molecular weight excluding hydrogens is 290 g/mol. The number of hydrogen-bond donors (Lipinski definition) is 1. The predicted octanol–water partition coefficient (Wildman–Crippen LogP) is 2.89. The summed E-state index contributed by atoms with van der Waals surface area (Å²) in [7, 11) is 3.98. The summed E-state index contributed by atoms with van der Waals surface area (Å²) in [4.78, 5) is 6.62. The molecule has 0 saturated heterocycles. The van der Waals surface area contributed by atoms with Gasteiger partial charge in [0, 0.05) is 27.2 Å². The Morgan fingerprint density at radius 1 is 1.17 bits per heavy atom. The van der Waals surface area contributed by atoms with E-state index >= 15 is 0 Å². The van der Waals surface area contributed by atoms with Crippen molar-refractivity contribution in [2.75, 3.05) is 27.2 Å². The Morgan fingerprint density at radius 2 is 2.00 bits per heavy atom. The Morgan fingerprint density at radius 3 is 2.70 bits per heavy atom. The van der Waals surface area contributed by atoms with E-state index in [1.165, 1.54) is 5.56 Å². The highest BCUT2D eigenvalue weighted by Gasteiger charge is 2.01. The fraction of sp³-hybridized carbons (Fsp3) is 0.389. The fourth-order valence-electron chi connectivity index (χ4n) is 2.05. The Kier molecular flexibility index (Phi) is 7.20. The van der Waals surface area contributed by atoms with Gasteiger partial charge in [-0.25, -0.2) is 4.99 Å². The monoisotopic (exact) mass is 315 g/mol. The Balaban J connectivity index is 1.66. The average molecular weight is 315 g/mol. The number of benzene rings is 1. The number of rotatable bonds is 8. The maximum atomic E-state index is 5.56. The van der Waals surface area contributed by atoms with Crippen molar-refractivity contribution in [3.05, 3.63) is 60.1 Å². The van der Waals surface area contributed by atoms with Crippen molar-refractivity contribution >= 4 is 5.96 Å². The number of guanidine groups is 1. The third kappa shape index (κ3) is 6.57. The summed E-state index contributed by atoms with van der Waals surface area (Å²) in [6, 6.07) is 14.0. The van der Waals surface area contributed by atoms with Gasteiger partial charge in [0.1, 0.15) is 12.4 Å². The zero-order valence-corrected chi connectivity index (χ0v) is 13.9. The number of ether oxygens (including phenoxy) is 1. The van der Waals surface area contributed by atoms with Crippen LogP contribution in [-0.2, 0) is 17.9 Å². The summed E-state index contributed by atoms with van der Waals surface area (Å²) >= 11 is 0. The van der Waals surface area contributed by atoms with Crippen LogP contribution in [0.4, 0.5) is 0 Å². The topological polar surface area (TPSA) is 50.0 Å². The number of hydrogen-bond acceptors (Lipinski definition) is 3. The third-order valence-electron chi connectivity index (χ3n) is 3.25. The molecule has 2 rings (SSSR count). The molecule has 0 saturated carbocycles. The van der Waals surface area contributed by atoms with Gasteiger partial charge in [-0.05, 0) is 24.1 Å². The van der Waals surface area contributed by atoms with Crippen LogP contribution in [0, 0.1) is 0 Å². The second-order valence-electron chi connectivity index (χ2n) is 5.43. The van der Waals surface area contributed by atoms with Crippen LogP contribution in [0.3, 0.4) is 0 Å². The smallest absolute Gasteiger partial charge is 0.193 e. The molecule has 0 amide bonds. The molecule has 1 aromatic heterocycles. The highest BCUT2D eigenvalue weighted by Crippen LogP contribution is 2.02. The molecule has 0 aliphatic rings. The molecule has 23 heavy (non-hydrogen) atoms. The molecule has 0 fully saturated rings. The molecule has 0 bridgehead atoms. The molecule has 1 heterocycles. The van der Waals surface area contributed by atoms with Crippen molar-refractivity contribution in [1.82, 2.24) is 10.2 Å². The molecule has 1 N–H and O–H groups in total. The van der Waals surface area contributed by atoms with Crippen LogP contribution in [0.25, 0.3) is 0 Å². The number of aliphatic imine (C=N–C) groups is 1. The lowest BCUT2D eigenvalue weighted by Gasteiger charge is -2.17. The van der Waals surface area contributed by atoms with Gasteiger partial charge in [0.25, 0.3) is 0 Å². The number of nitrogens with zero attached hydrogens (tertiary/aromatic N) is 2. The second-order valence-corrected chi connectivity index (χ2v) is 5.43. The highest BCUT2D eigenvalue weighted by molar-refractivity contribution is 5.79. The van der Waals surface area contributed by atoms with Gasteiger partial charge < -0.3 is 19.4 Å². The zero-order valence-electron chi connectivity index (χ0n) is 13.9. The van der Waals surface area contributed by atoms with Gasteiger partial charge in [-0.1, -0.05) is 30.3 Å². The first kappa shape index (κ1) is 17.1. The largest absolute Gasteiger partial charge is 0.467 e. The zero-order chi connectivity index (χ0) is 16.3. The second kappa shape index (κ2) is 9.69. The molecule has 0 unspecified atom stereocenters. The van der Waals surface area contributed by atoms with E-state index < -0.39 is 0 Å². The van der Waals surface area contributed by atoms with Crippen molar-refractivity contribution in [3.8, 4) is 0 Å². The quantitative estimate of drug-likeness (QED) is 0.462. The molecule has 0 atom stereocenters. The molecule has 0 radical (unpaired) electrons. The van der Waals surface area contributed by atoms with E-state index in [0.29, 0.717) is 19.8 Å². The van der Waals surface area contributed by atoms with Gasteiger partial charge in [-0.15, -0.1) is 0 Å². The van der Waals surface area contributed by atoms with Crippen molar-refractivity contribution < 1.29 is 9.15 Å². The van der Waals surface area contributed by atoms with Gasteiger partial charge in [0.05, 0.1) is 12.8 Å². The summed E-state index contributed by atoms with van der Waals surface area (Å²) in [5, 5.41) is 3.36. The molecule has 124 valence electrons. The molecule has 0 aliphatic heterocycles. The first-order valence-electron chi connectivity index (χ1n) is 7.85. The van der Waals surface area contributed by atoms with Crippen molar-refractivity contribution in [2.45, 2.75) is 19.6 Å². The molecule has 5 heteroatoms. The molecule has 5 nitrogen and oxygen atoms in total. The normalized spacial score (nSPS) is 11.5. The summed E-state index contributed by atoms with van der Waals surface area (Å²) in [6.45, 7) is 2.71. The van der Waals surface area contributed by atoms with Crippen LogP contribution >= 0.6 is 0 Å². The third-order valence-corrected chi connectivity index (χ3v) is 3.25. The lowest BCUT2D eigenvalue weighted by Crippen LogP contribution is -2.37. The van der Waals surface area contributed by atoms with Crippen molar-refractivity contribution in [1.29, 1.82) is 0 Å². The summed E-state index contributed by atoms with van der Waals surface area (Å²) in [5.41, 5.74) is 1.20. The number of nitrogens with one attached hydrogen (secondary N) is 1. The number of furan rings is 1. The predicted molar refractivity (Wildman–Crippen MR) is 92.3 cm³/mol. The first-order valence-corrected chi connectivity index (χ1v) is 7.85. The SMILES string of the molecule is CN(C)C(=NCc1ccccc1)NCCCOCc1ccco1. The van der Waals surface area contributed by atoms with Gasteiger partial charge in [0.15, 0.2) is 5.96 Å². The Labute approximate surface area is 138 Å². The maximum absolute atomic E-state index is 5.56. The van der Waals surface area contributed by atoms with Gasteiger partial charge in [0.2, 0.25) is 0 Å². The standard InChI is InChI=1S/C18H25N3O2/c1-21(2)18(20-14-16-8-4-3-5-9-16)19-11-7-12-22-15-17-10-6-13-23-17/h3-6,8-10,13H,7,11-12,14-15H2,1-2H3,(H,19,20). The van der Waals surface area contributed by atoms with Crippen LogP contribution in [0.2, 0.25) is 0 Å². The lowest BCUT2D eigenvalue weighted by atomic mass is 10.2. The fourth-order valence-corrected chi connectivity index (χ4v) is 2.05. The summed E-state index contributed by atoms with van der Waals surface area (Å²) < 4.78 is 10.8. The van der Waals surface area contributed by atoms with E-state index in [0.717, 1.165) is 24.7 Å². The minimum Gasteiger partial charge on any atom is -0.467 e. The Hall–Kier alpha value is -2.27. The summed E-state index contributed by atoms with van der Waals surface area (Å²) in [5.74, 6) is 1.75. The Bertz CT molecular complexity index is 565. The van der Waals surface area contributed by atoms with E-state index in [4.69, 9.17) is 9.15 Å². The van der Waals surface area contributed by atoms with E-state index in [2.05, 4.69) is 22.4 Å². The minimum absolute atomic E-state index is 0.523. The van der Waals surface area contributed by atoms with Crippen LogP contribution in [0.1, 0.15) is 17.7 Å². The highest BCUT2D eigenvalue weighted by atomic mass is 16.5. The van der Waals surface area contributed by atoms with E-state index in [-0.39, 0.29) is 0 Å². The average Bonchev–Trinajstić information content (AvgIpc) is 3.07.